The average molecular weight is 419 g/mol. The van der Waals surface area contributed by atoms with Crippen LogP contribution < -0.4 is 10.6 Å². The summed E-state index contributed by atoms with van der Waals surface area (Å²) in [7, 11) is 0. The number of nitrogens with zero attached hydrogens (tertiary/aromatic N) is 3. The summed E-state index contributed by atoms with van der Waals surface area (Å²) in [5.41, 5.74) is 1.48. The Bertz CT molecular complexity index is 1110. The Morgan fingerprint density at radius 2 is 1.83 bits per heavy atom. The number of carbonyl (C=O) groups excluding carboxylic acids is 2. The number of halogens is 3. The highest BCUT2D eigenvalue weighted by atomic mass is 19.4. The fraction of sp³-hybridized carbons (Fsp3) is 0.300. The van der Waals surface area contributed by atoms with Crippen molar-refractivity contribution in [2.24, 2.45) is 0 Å². The number of fused-ring (bicyclic) bond motifs is 1. The number of hydrogen-bond acceptors (Lipinski definition) is 4. The molecule has 158 valence electrons. The molecule has 0 bridgehead atoms. The Morgan fingerprint density at radius 3 is 2.50 bits per heavy atom. The number of aryl methyl sites for hydroxylation is 1. The number of carbonyl (C=O) groups is 2. The summed E-state index contributed by atoms with van der Waals surface area (Å²) >= 11 is 0. The van der Waals surface area contributed by atoms with Gasteiger partial charge in [0.2, 0.25) is 0 Å². The highest BCUT2D eigenvalue weighted by Gasteiger charge is 2.28. The molecule has 0 fully saturated rings. The Hall–Kier alpha value is -3.43. The maximum atomic E-state index is 13.0. The third-order valence-corrected chi connectivity index (χ3v) is 4.30. The topological polar surface area (TPSA) is 88.9 Å². The number of para-hydroxylation sites is 1. The van der Waals surface area contributed by atoms with Gasteiger partial charge in [0.05, 0.1) is 28.4 Å². The lowest BCUT2D eigenvalue weighted by Gasteiger charge is -2.13. The largest absolute Gasteiger partial charge is 0.405 e. The van der Waals surface area contributed by atoms with Gasteiger partial charge in [0, 0.05) is 11.7 Å². The van der Waals surface area contributed by atoms with Crippen molar-refractivity contribution < 1.29 is 22.8 Å². The highest BCUT2D eigenvalue weighted by molar-refractivity contribution is 6.14. The molecule has 0 atom stereocenters. The van der Waals surface area contributed by atoms with E-state index in [2.05, 4.69) is 15.4 Å². The number of rotatable bonds is 5. The Balaban J connectivity index is 1.92. The van der Waals surface area contributed by atoms with Gasteiger partial charge < -0.3 is 10.6 Å². The van der Waals surface area contributed by atoms with Crippen LogP contribution in [0.2, 0.25) is 0 Å². The lowest BCUT2D eigenvalue weighted by atomic mass is 10.1. The van der Waals surface area contributed by atoms with E-state index in [1.54, 1.807) is 29.9 Å². The second kappa shape index (κ2) is 8.13. The van der Waals surface area contributed by atoms with Crippen molar-refractivity contribution >= 4 is 28.5 Å². The fourth-order valence-corrected chi connectivity index (χ4v) is 2.96. The monoisotopic (exact) mass is 419 g/mol. The van der Waals surface area contributed by atoms with Crippen LogP contribution in [0.4, 0.5) is 18.9 Å². The molecule has 2 N–H and O–H groups in total. The molecule has 2 amide bonds. The number of alkyl halides is 3. The molecular formula is C20H20F3N5O2. The van der Waals surface area contributed by atoms with Crippen LogP contribution >= 0.6 is 0 Å². The van der Waals surface area contributed by atoms with E-state index in [4.69, 9.17) is 0 Å². The summed E-state index contributed by atoms with van der Waals surface area (Å²) in [4.78, 5) is 29.6. The molecule has 0 radical (unpaired) electrons. The molecule has 3 aromatic rings. The molecule has 10 heteroatoms. The Labute approximate surface area is 170 Å². The van der Waals surface area contributed by atoms with Gasteiger partial charge >= 0.3 is 6.18 Å². The first kappa shape index (κ1) is 21.3. The van der Waals surface area contributed by atoms with Crippen LogP contribution in [0.25, 0.3) is 11.0 Å². The second-order valence-electron chi connectivity index (χ2n) is 7.03. The van der Waals surface area contributed by atoms with Gasteiger partial charge in [0.1, 0.15) is 6.54 Å². The van der Waals surface area contributed by atoms with Crippen molar-refractivity contribution in [2.75, 3.05) is 11.9 Å². The molecule has 1 aromatic carbocycles. The lowest BCUT2D eigenvalue weighted by Crippen LogP contribution is -2.34. The number of benzene rings is 1. The van der Waals surface area contributed by atoms with E-state index in [0.29, 0.717) is 22.3 Å². The van der Waals surface area contributed by atoms with Crippen molar-refractivity contribution in [2.45, 2.75) is 33.0 Å². The van der Waals surface area contributed by atoms with E-state index in [1.807, 2.05) is 19.2 Å². The molecule has 2 aromatic heterocycles. The Morgan fingerprint density at radius 1 is 1.13 bits per heavy atom. The second-order valence-corrected chi connectivity index (χ2v) is 7.03. The van der Waals surface area contributed by atoms with Gasteiger partial charge in [-0.25, -0.2) is 9.67 Å². The number of anilines is 1. The molecule has 0 saturated heterocycles. The summed E-state index contributed by atoms with van der Waals surface area (Å²) in [5.74, 6) is -1.46. The number of nitrogens with one attached hydrogen (secondary N) is 2. The highest BCUT2D eigenvalue weighted by Crippen LogP contribution is 2.23. The van der Waals surface area contributed by atoms with E-state index in [-0.39, 0.29) is 17.3 Å². The molecule has 0 spiro atoms. The van der Waals surface area contributed by atoms with Gasteiger partial charge in [0.25, 0.3) is 11.8 Å². The van der Waals surface area contributed by atoms with Crippen LogP contribution in [0.15, 0.2) is 36.5 Å². The minimum absolute atomic E-state index is 0.0331. The van der Waals surface area contributed by atoms with Gasteiger partial charge in [-0.3, -0.25) is 9.59 Å². The van der Waals surface area contributed by atoms with Crippen molar-refractivity contribution in [1.29, 1.82) is 0 Å². The predicted octanol–water partition coefficient (Wildman–Crippen LogP) is 3.87. The molecule has 0 aliphatic heterocycles. The smallest absolute Gasteiger partial charge is 0.343 e. The summed E-state index contributed by atoms with van der Waals surface area (Å²) in [6.45, 7) is 4.15. The zero-order chi connectivity index (χ0) is 22.1. The minimum atomic E-state index is -4.54. The third-order valence-electron chi connectivity index (χ3n) is 4.30. The van der Waals surface area contributed by atoms with Crippen LogP contribution in [0.1, 0.15) is 46.3 Å². The van der Waals surface area contributed by atoms with Crippen LogP contribution in [0, 0.1) is 6.92 Å². The van der Waals surface area contributed by atoms with Crippen LogP contribution in [0.3, 0.4) is 0 Å². The number of pyridine rings is 1. The average Bonchev–Trinajstić information content (AvgIpc) is 3.09. The van der Waals surface area contributed by atoms with E-state index >= 15 is 0 Å². The molecule has 30 heavy (non-hydrogen) atoms. The van der Waals surface area contributed by atoms with Crippen molar-refractivity contribution in [1.82, 2.24) is 20.1 Å². The van der Waals surface area contributed by atoms with Crippen LogP contribution in [0.5, 0.6) is 0 Å². The third kappa shape index (κ3) is 4.58. The molecule has 2 heterocycles. The van der Waals surface area contributed by atoms with Crippen LogP contribution in [-0.2, 0) is 0 Å². The van der Waals surface area contributed by atoms with Crippen molar-refractivity contribution in [3.8, 4) is 0 Å². The van der Waals surface area contributed by atoms with Gasteiger partial charge in [0.15, 0.2) is 5.65 Å². The maximum Gasteiger partial charge on any atom is 0.405 e. The number of hydrogen-bond donors (Lipinski definition) is 2. The molecular weight excluding hydrogens is 399 g/mol. The molecule has 0 aliphatic carbocycles. The summed E-state index contributed by atoms with van der Waals surface area (Å²) in [6.07, 6.45) is -3.00. The maximum absolute atomic E-state index is 13.0. The van der Waals surface area contributed by atoms with E-state index in [1.165, 1.54) is 18.2 Å². The number of amides is 2. The Kier molecular flexibility index (Phi) is 5.77. The van der Waals surface area contributed by atoms with Crippen molar-refractivity contribution in [3.63, 3.8) is 0 Å². The molecule has 0 unspecified atom stereocenters. The molecule has 3 rings (SSSR count). The lowest BCUT2D eigenvalue weighted by molar-refractivity contribution is -0.123. The summed E-state index contributed by atoms with van der Waals surface area (Å²) in [6, 6.07) is 7.48. The number of aromatic nitrogens is 3. The summed E-state index contributed by atoms with van der Waals surface area (Å²) in [5, 5.41) is 9.24. The molecule has 0 aliphatic rings. The van der Waals surface area contributed by atoms with Crippen molar-refractivity contribution in [3.05, 3.63) is 53.3 Å². The molecule has 7 nitrogen and oxygen atoms in total. The SMILES string of the molecule is Cc1cc(C(=O)Nc2ccccc2C(=O)NCC(F)(F)F)c2cnn(C(C)C)c2n1. The van der Waals surface area contributed by atoms with Gasteiger partial charge in [-0.1, -0.05) is 12.1 Å². The normalized spacial score (nSPS) is 11.7. The quantitative estimate of drug-likeness (QED) is 0.657. The van der Waals surface area contributed by atoms with E-state index < -0.39 is 24.5 Å². The molecule has 0 saturated carbocycles. The summed E-state index contributed by atoms with van der Waals surface area (Å²) < 4.78 is 38.9. The predicted molar refractivity (Wildman–Crippen MR) is 105 cm³/mol. The van der Waals surface area contributed by atoms with Gasteiger partial charge in [-0.05, 0) is 39.0 Å². The first-order chi connectivity index (χ1) is 14.1. The first-order valence-corrected chi connectivity index (χ1v) is 9.17. The van der Waals surface area contributed by atoms with Gasteiger partial charge in [-0.15, -0.1) is 0 Å². The fourth-order valence-electron chi connectivity index (χ4n) is 2.96. The van der Waals surface area contributed by atoms with E-state index in [0.717, 1.165) is 0 Å². The zero-order valence-corrected chi connectivity index (χ0v) is 16.5. The first-order valence-electron chi connectivity index (χ1n) is 9.17. The minimum Gasteiger partial charge on any atom is -0.343 e. The van der Waals surface area contributed by atoms with E-state index in [9.17, 15) is 22.8 Å². The van der Waals surface area contributed by atoms with Crippen LogP contribution in [-0.4, -0.2) is 39.3 Å². The van der Waals surface area contributed by atoms with Gasteiger partial charge in [-0.2, -0.15) is 18.3 Å². The standard InChI is InChI=1S/C20H20F3N5O2/c1-11(2)28-17-15(9-25-28)14(8-12(3)26-17)19(30)27-16-7-5-4-6-13(16)18(29)24-10-20(21,22)23/h4-9,11H,10H2,1-3H3,(H,24,29)(H,27,30). The zero-order valence-electron chi connectivity index (χ0n) is 16.5.